The quantitative estimate of drug-likeness (QED) is 0.761. The molecule has 0 saturated carbocycles. The number of hydrogen-bond donors (Lipinski definition) is 2. The summed E-state index contributed by atoms with van der Waals surface area (Å²) in [6.45, 7) is 0.636. The zero-order valence-corrected chi connectivity index (χ0v) is 12.9. The molecular weight excluding hydrogens is 323 g/mol. The van der Waals surface area contributed by atoms with E-state index in [1.807, 2.05) is 30.3 Å². The van der Waals surface area contributed by atoms with Crippen LogP contribution in [0.15, 0.2) is 48.8 Å². The normalized spacial score (nSPS) is 10.6. The van der Waals surface area contributed by atoms with Crippen molar-refractivity contribution in [1.82, 2.24) is 14.8 Å². The summed E-state index contributed by atoms with van der Waals surface area (Å²) in [6, 6.07) is 11.4. The molecule has 0 bridgehead atoms. The van der Waals surface area contributed by atoms with Crippen LogP contribution in [0, 0.1) is 0 Å². The van der Waals surface area contributed by atoms with Gasteiger partial charge in [0, 0.05) is 6.20 Å². The number of aromatic nitrogens is 3. The molecule has 2 aromatic heterocycles. The van der Waals surface area contributed by atoms with Crippen molar-refractivity contribution in [3.05, 3.63) is 70.2 Å². The first-order valence-corrected chi connectivity index (χ1v) is 7.29. The van der Waals surface area contributed by atoms with E-state index in [-0.39, 0.29) is 11.1 Å². The van der Waals surface area contributed by atoms with Gasteiger partial charge in [-0.15, -0.1) is 0 Å². The van der Waals surface area contributed by atoms with E-state index in [2.05, 4.69) is 15.4 Å². The molecule has 0 radical (unpaired) electrons. The van der Waals surface area contributed by atoms with Gasteiger partial charge in [0.05, 0.1) is 23.5 Å². The van der Waals surface area contributed by atoms with Gasteiger partial charge in [-0.2, -0.15) is 5.10 Å². The second-order valence-electron chi connectivity index (χ2n) is 4.71. The minimum absolute atomic E-state index is 0.242. The highest BCUT2D eigenvalue weighted by Crippen LogP contribution is 2.22. The number of halogens is 2. The van der Waals surface area contributed by atoms with Gasteiger partial charge in [0.1, 0.15) is 10.8 Å². The lowest BCUT2D eigenvalue weighted by molar-refractivity contribution is 0.102. The number of aromatic amines is 1. The summed E-state index contributed by atoms with van der Waals surface area (Å²) in [5.41, 5.74) is 2.03. The number of amides is 1. The molecule has 5 nitrogen and oxygen atoms in total. The number of H-pyrrole nitrogens is 1. The van der Waals surface area contributed by atoms with Crippen molar-refractivity contribution in [2.75, 3.05) is 5.32 Å². The number of carbonyl (C=O) groups excluding carboxylic acids is 1. The van der Waals surface area contributed by atoms with Crippen LogP contribution in [0.4, 0.5) is 5.69 Å². The second kappa shape index (κ2) is 6.25. The van der Waals surface area contributed by atoms with Crippen LogP contribution in [-0.2, 0) is 6.54 Å². The summed E-state index contributed by atoms with van der Waals surface area (Å²) in [5.74, 6) is -0.326. The molecular formula is C15H12Cl2N4O. The molecule has 7 heteroatoms. The Morgan fingerprint density at radius 2 is 2.05 bits per heavy atom. The van der Waals surface area contributed by atoms with Crippen LogP contribution in [0.25, 0.3) is 0 Å². The van der Waals surface area contributed by atoms with Gasteiger partial charge in [0.15, 0.2) is 0 Å². The van der Waals surface area contributed by atoms with E-state index >= 15 is 0 Å². The molecule has 0 saturated heterocycles. The number of benzene rings is 1. The molecule has 2 heterocycles. The van der Waals surface area contributed by atoms with Crippen molar-refractivity contribution in [3.63, 3.8) is 0 Å². The van der Waals surface area contributed by atoms with E-state index in [0.717, 1.165) is 5.56 Å². The maximum Gasteiger partial charge on any atom is 0.272 e. The van der Waals surface area contributed by atoms with Gasteiger partial charge in [0.25, 0.3) is 5.91 Å². The zero-order chi connectivity index (χ0) is 15.5. The van der Waals surface area contributed by atoms with Crippen LogP contribution < -0.4 is 5.32 Å². The highest BCUT2D eigenvalue weighted by molar-refractivity contribution is 6.41. The Kier molecular flexibility index (Phi) is 4.18. The Balaban J connectivity index is 1.68. The number of nitrogens with one attached hydrogen (secondary N) is 2. The Hall–Kier alpha value is -2.24. The third kappa shape index (κ3) is 3.32. The number of carbonyl (C=O) groups is 1. The minimum atomic E-state index is -0.326. The summed E-state index contributed by atoms with van der Waals surface area (Å²) in [5, 5.41) is 7.51. The Morgan fingerprint density at radius 1 is 1.27 bits per heavy atom. The summed E-state index contributed by atoms with van der Waals surface area (Å²) in [7, 11) is 0. The fourth-order valence-corrected chi connectivity index (χ4v) is 2.32. The number of rotatable bonds is 4. The first-order valence-electron chi connectivity index (χ1n) is 6.53. The maximum absolute atomic E-state index is 12.1. The molecule has 22 heavy (non-hydrogen) atoms. The Morgan fingerprint density at radius 3 is 2.73 bits per heavy atom. The molecule has 0 fully saturated rings. The van der Waals surface area contributed by atoms with E-state index in [1.54, 1.807) is 17.1 Å². The number of hydrogen-bond acceptors (Lipinski definition) is 2. The third-order valence-corrected chi connectivity index (χ3v) is 3.74. The summed E-state index contributed by atoms with van der Waals surface area (Å²) in [6.07, 6.45) is 3.35. The van der Waals surface area contributed by atoms with Crippen molar-refractivity contribution in [1.29, 1.82) is 0 Å². The lowest BCUT2D eigenvalue weighted by atomic mass is 10.2. The molecule has 0 unspecified atom stereocenters. The molecule has 1 amide bonds. The molecule has 3 aromatic rings. The average molecular weight is 335 g/mol. The Labute approximate surface area is 136 Å². The van der Waals surface area contributed by atoms with E-state index in [4.69, 9.17) is 23.2 Å². The molecule has 2 N–H and O–H groups in total. The summed E-state index contributed by atoms with van der Waals surface area (Å²) >= 11 is 11.6. The summed E-state index contributed by atoms with van der Waals surface area (Å²) in [4.78, 5) is 14.8. The van der Waals surface area contributed by atoms with Crippen LogP contribution in [0.5, 0.6) is 0 Å². The predicted octanol–water partition coefficient (Wildman–Crippen LogP) is 3.82. The van der Waals surface area contributed by atoms with Gasteiger partial charge in [-0.1, -0.05) is 53.5 Å². The van der Waals surface area contributed by atoms with E-state index in [0.29, 0.717) is 22.9 Å². The van der Waals surface area contributed by atoms with Crippen LogP contribution in [-0.4, -0.2) is 20.7 Å². The van der Waals surface area contributed by atoms with Crippen LogP contribution in [0.2, 0.25) is 10.2 Å². The van der Waals surface area contributed by atoms with Crippen molar-refractivity contribution in [2.45, 2.75) is 6.54 Å². The minimum Gasteiger partial charge on any atom is -0.340 e. The van der Waals surface area contributed by atoms with E-state index in [9.17, 15) is 4.79 Å². The van der Waals surface area contributed by atoms with Gasteiger partial charge < -0.3 is 10.3 Å². The molecule has 112 valence electrons. The first-order chi connectivity index (χ1) is 10.6. The maximum atomic E-state index is 12.1. The second-order valence-corrected chi connectivity index (χ2v) is 5.50. The number of nitrogens with zero attached hydrogens (tertiary/aromatic N) is 2. The van der Waals surface area contributed by atoms with E-state index in [1.165, 1.54) is 6.07 Å². The van der Waals surface area contributed by atoms with Crippen molar-refractivity contribution < 1.29 is 4.79 Å². The van der Waals surface area contributed by atoms with E-state index < -0.39 is 0 Å². The van der Waals surface area contributed by atoms with Gasteiger partial charge in [-0.3, -0.25) is 9.48 Å². The average Bonchev–Trinajstić information content (AvgIpc) is 3.07. The fourth-order valence-electron chi connectivity index (χ4n) is 2.01. The smallest absolute Gasteiger partial charge is 0.272 e. The largest absolute Gasteiger partial charge is 0.340 e. The van der Waals surface area contributed by atoms with Crippen molar-refractivity contribution in [3.8, 4) is 0 Å². The molecule has 0 aliphatic rings. The van der Waals surface area contributed by atoms with Gasteiger partial charge in [-0.05, 0) is 11.6 Å². The number of anilines is 1. The molecule has 0 aliphatic heterocycles. The SMILES string of the molecule is O=C(Nc1cnn(Cc2ccccc2)c1)c1cc(Cl)c(Cl)[nH]1. The molecule has 1 aromatic carbocycles. The molecule has 0 spiro atoms. The lowest BCUT2D eigenvalue weighted by Crippen LogP contribution is -2.11. The Bertz CT molecular complexity index is 775. The van der Waals surface area contributed by atoms with Gasteiger partial charge >= 0.3 is 0 Å². The standard InChI is InChI=1S/C15H12Cl2N4O/c16-12-6-13(20-14(12)17)15(22)19-11-7-18-21(9-11)8-10-4-2-1-3-5-10/h1-7,9,20H,8H2,(H,19,22). The third-order valence-electron chi connectivity index (χ3n) is 3.05. The topological polar surface area (TPSA) is 62.7 Å². The highest BCUT2D eigenvalue weighted by Gasteiger charge is 2.12. The summed E-state index contributed by atoms with van der Waals surface area (Å²) < 4.78 is 1.75. The van der Waals surface area contributed by atoms with Crippen LogP contribution in [0.1, 0.15) is 16.1 Å². The van der Waals surface area contributed by atoms with Gasteiger partial charge in [0.2, 0.25) is 0 Å². The zero-order valence-electron chi connectivity index (χ0n) is 11.4. The predicted molar refractivity (Wildman–Crippen MR) is 86.5 cm³/mol. The molecule has 0 atom stereocenters. The lowest BCUT2D eigenvalue weighted by Gasteiger charge is -2.01. The highest BCUT2D eigenvalue weighted by atomic mass is 35.5. The van der Waals surface area contributed by atoms with Gasteiger partial charge in [-0.25, -0.2) is 0 Å². The molecule has 3 rings (SSSR count). The monoisotopic (exact) mass is 334 g/mol. The first kappa shape index (κ1) is 14.7. The van der Waals surface area contributed by atoms with Crippen LogP contribution in [0.3, 0.4) is 0 Å². The fraction of sp³-hybridized carbons (Fsp3) is 0.0667. The van der Waals surface area contributed by atoms with Crippen molar-refractivity contribution in [2.24, 2.45) is 0 Å². The van der Waals surface area contributed by atoms with Crippen LogP contribution >= 0.6 is 23.2 Å². The molecule has 0 aliphatic carbocycles. The van der Waals surface area contributed by atoms with Crippen molar-refractivity contribution >= 4 is 34.8 Å².